The predicted molar refractivity (Wildman–Crippen MR) is 119 cm³/mol. The fraction of sp³-hybridized carbons (Fsp3) is 0.167. The maximum absolute atomic E-state index is 13.2. The van der Waals surface area contributed by atoms with Gasteiger partial charge in [0.2, 0.25) is 0 Å². The van der Waals surface area contributed by atoms with Crippen LogP contribution in [0.4, 0.5) is 5.69 Å². The van der Waals surface area contributed by atoms with Crippen LogP contribution in [0.3, 0.4) is 0 Å². The molecule has 4 rings (SSSR count). The van der Waals surface area contributed by atoms with Gasteiger partial charge in [-0.15, -0.1) is 4.85 Å². The highest BCUT2D eigenvalue weighted by Crippen LogP contribution is 2.23. The van der Waals surface area contributed by atoms with Crippen molar-refractivity contribution < 1.29 is 15.1 Å². The molecule has 0 bridgehead atoms. The van der Waals surface area contributed by atoms with Crippen molar-refractivity contribution in [2.24, 2.45) is 4.99 Å². The van der Waals surface area contributed by atoms with Crippen LogP contribution >= 0.6 is 0 Å². The van der Waals surface area contributed by atoms with Gasteiger partial charge in [-0.05, 0) is 25.3 Å². The van der Waals surface area contributed by atoms with Crippen LogP contribution in [0.15, 0.2) is 76.8 Å². The van der Waals surface area contributed by atoms with Crippen molar-refractivity contribution in [3.05, 3.63) is 99.5 Å². The Hall–Kier alpha value is -4.20. The number of carboxylic acid groups (broad SMARTS) is 1. The van der Waals surface area contributed by atoms with Crippen LogP contribution in [0.1, 0.15) is 28.5 Å². The first-order valence-corrected chi connectivity index (χ1v) is 10.2. The van der Waals surface area contributed by atoms with Gasteiger partial charge in [-0.2, -0.15) is 0 Å². The lowest BCUT2D eigenvalue weighted by Gasteiger charge is -2.16. The molecule has 0 aliphatic carbocycles. The molecular weight excluding hydrogens is 408 g/mol. The van der Waals surface area contributed by atoms with E-state index in [0.717, 1.165) is 21.0 Å². The summed E-state index contributed by atoms with van der Waals surface area (Å²) in [5.41, 5.74) is 0.651. The molecule has 32 heavy (non-hydrogen) atoms. The van der Waals surface area contributed by atoms with Crippen LogP contribution in [0.2, 0.25) is 0 Å². The van der Waals surface area contributed by atoms with Crippen LogP contribution in [0.5, 0.6) is 0 Å². The van der Waals surface area contributed by atoms with E-state index in [2.05, 4.69) is 9.98 Å². The third-order valence-corrected chi connectivity index (χ3v) is 5.33. The second-order valence-corrected chi connectivity index (χ2v) is 7.27. The summed E-state index contributed by atoms with van der Waals surface area (Å²) in [4.78, 5) is 34.6. The molecule has 0 saturated carbocycles. The number of aryl methyl sites for hydroxylation is 1. The third-order valence-electron chi connectivity index (χ3n) is 5.33. The minimum Gasteiger partial charge on any atom is -0.476 e. The Morgan fingerprint density at radius 1 is 1.03 bits per heavy atom. The zero-order valence-corrected chi connectivity index (χ0v) is 17.5. The van der Waals surface area contributed by atoms with Gasteiger partial charge in [0.15, 0.2) is 5.69 Å². The van der Waals surface area contributed by atoms with Crippen LogP contribution < -0.4 is 10.9 Å². The standard InChI is InChI=1S/C24H22N4O4/c1-2-27-23(29)21(26-20-15-25-14-17-10-6-7-11-18(17)20)19(22(24(30)31)28(27)32)13-12-16-8-4-3-5-9-16/h3-11,14-15,32H,2,12-13H2,1H3,(H,30,31). The molecule has 8 nitrogen and oxygen atoms in total. The van der Waals surface area contributed by atoms with Gasteiger partial charge in [0.1, 0.15) is 5.36 Å². The Balaban J connectivity index is 2.01. The SMILES string of the molecule is CCn1c(=O)c(=Nc2cncc3ccccc23)c(CCc2ccccc2)c(C(=O)O)n1O. The number of carbonyl (C=O) groups is 1. The molecule has 0 fully saturated rings. The largest absolute Gasteiger partial charge is 0.476 e. The molecule has 0 spiro atoms. The maximum atomic E-state index is 13.2. The van der Waals surface area contributed by atoms with Crippen molar-refractivity contribution in [3.8, 4) is 0 Å². The second kappa shape index (κ2) is 8.89. The Morgan fingerprint density at radius 2 is 1.75 bits per heavy atom. The fourth-order valence-corrected chi connectivity index (χ4v) is 3.76. The maximum Gasteiger partial charge on any atom is 0.358 e. The average molecular weight is 430 g/mol. The van der Waals surface area contributed by atoms with Crippen LogP contribution in [0.25, 0.3) is 10.8 Å². The lowest BCUT2D eigenvalue weighted by atomic mass is 10.0. The van der Waals surface area contributed by atoms with E-state index >= 15 is 0 Å². The summed E-state index contributed by atoms with van der Waals surface area (Å²) in [6.45, 7) is 1.72. The van der Waals surface area contributed by atoms with E-state index in [0.29, 0.717) is 17.0 Å². The molecule has 0 unspecified atom stereocenters. The summed E-state index contributed by atoms with van der Waals surface area (Å²) < 4.78 is 0.951. The smallest absolute Gasteiger partial charge is 0.358 e. The Labute approximate surface area is 183 Å². The Bertz CT molecular complexity index is 1420. The van der Waals surface area contributed by atoms with Crippen molar-refractivity contribution >= 4 is 22.4 Å². The normalized spacial score (nSPS) is 11.7. The third kappa shape index (κ3) is 3.90. The highest BCUT2D eigenvalue weighted by molar-refractivity contribution is 5.91. The minimum absolute atomic E-state index is 0.0105. The topological polar surface area (TPSA) is 110 Å². The van der Waals surface area contributed by atoms with Gasteiger partial charge in [0.05, 0.1) is 11.9 Å². The van der Waals surface area contributed by atoms with Crippen LogP contribution in [-0.4, -0.2) is 30.8 Å². The molecule has 0 aliphatic heterocycles. The van der Waals surface area contributed by atoms with E-state index in [1.54, 1.807) is 19.3 Å². The molecule has 0 aliphatic rings. The van der Waals surface area contributed by atoms with E-state index in [4.69, 9.17) is 0 Å². The van der Waals surface area contributed by atoms with Gasteiger partial charge in [-0.1, -0.05) is 54.6 Å². The van der Waals surface area contributed by atoms with E-state index in [9.17, 15) is 19.9 Å². The summed E-state index contributed by atoms with van der Waals surface area (Å²) >= 11 is 0. The van der Waals surface area contributed by atoms with E-state index in [-0.39, 0.29) is 29.6 Å². The molecule has 2 aromatic carbocycles. The van der Waals surface area contributed by atoms with Gasteiger partial charge >= 0.3 is 5.97 Å². The van der Waals surface area contributed by atoms with Gasteiger partial charge in [-0.25, -0.2) is 14.5 Å². The molecule has 0 amide bonds. The second-order valence-electron chi connectivity index (χ2n) is 7.27. The van der Waals surface area contributed by atoms with Crippen molar-refractivity contribution in [1.82, 2.24) is 14.5 Å². The molecule has 0 radical (unpaired) electrons. The van der Waals surface area contributed by atoms with Crippen LogP contribution in [-0.2, 0) is 19.4 Å². The lowest BCUT2D eigenvalue weighted by molar-refractivity contribution is 0.0530. The molecule has 0 atom stereocenters. The summed E-state index contributed by atoms with van der Waals surface area (Å²) in [5.74, 6) is -1.34. The monoisotopic (exact) mass is 430 g/mol. The van der Waals surface area contributed by atoms with E-state index in [1.807, 2.05) is 54.6 Å². The van der Waals surface area contributed by atoms with Gasteiger partial charge in [0.25, 0.3) is 5.56 Å². The predicted octanol–water partition coefficient (Wildman–Crippen LogP) is 3.17. The quantitative estimate of drug-likeness (QED) is 0.457. The molecule has 2 heterocycles. The van der Waals surface area contributed by atoms with Crippen molar-refractivity contribution in [1.29, 1.82) is 0 Å². The van der Waals surface area contributed by atoms with Gasteiger partial charge in [-0.3, -0.25) is 9.78 Å². The van der Waals surface area contributed by atoms with Crippen molar-refractivity contribution in [2.75, 3.05) is 0 Å². The Morgan fingerprint density at radius 3 is 2.47 bits per heavy atom. The number of carboxylic acids is 1. The lowest BCUT2D eigenvalue weighted by Crippen LogP contribution is -2.45. The number of benzene rings is 2. The number of aromatic nitrogens is 3. The molecule has 2 N–H and O–H groups in total. The zero-order valence-electron chi connectivity index (χ0n) is 17.5. The first kappa shape index (κ1) is 21.0. The summed E-state index contributed by atoms with van der Waals surface area (Å²) in [7, 11) is 0. The minimum atomic E-state index is -1.34. The molecule has 162 valence electrons. The molecule has 0 saturated heterocycles. The number of rotatable bonds is 6. The molecule has 8 heteroatoms. The zero-order chi connectivity index (χ0) is 22.7. The number of fused-ring (bicyclic) bond motifs is 1. The van der Waals surface area contributed by atoms with Gasteiger partial charge < -0.3 is 10.3 Å². The first-order chi connectivity index (χ1) is 15.5. The number of hydrogen-bond donors (Lipinski definition) is 2. The number of pyridine rings is 1. The van der Waals surface area contributed by atoms with E-state index in [1.165, 1.54) is 0 Å². The fourth-order valence-electron chi connectivity index (χ4n) is 3.76. The first-order valence-electron chi connectivity index (χ1n) is 10.2. The van der Waals surface area contributed by atoms with Gasteiger partial charge in [0, 0.05) is 29.1 Å². The summed E-state index contributed by atoms with van der Waals surface area (Å²) in [6, 6.07) is 17.0. The highest BCUT2D eigenvalue weighted by atomic mass is 16.5. The number of aromatic carboxylic acids is 1. The molecular formula is C24H22N4O4. The van der Waals surface area contributed by atoms with Crippen molar-refractivity contribution in [3.63, 3.8) is 0 Å². The number of nitrogens with zero attached hydrogens (tertiary/aromatic N) is 4. The molecule has 2 aromatic heterocycles. The van der Waals surface area contributed by atoms with Crippen LogP contribution in [0, 0.1) is 0 Å². The van der Waals surface area contributed by atoms with Crippen molar-refractivity contribution in [2.45, 2.75) is 26.3 Å². The Kier molecular flexibility index (Phi) is 5.85. The number of hydrogen-bond acceptors (Lipinski definition) is 5. The van der Waals surface area contributed by atoms with E-state index < -0.39 is 11.5 Å². The average Bonchev–Trinajstić information content (AvgIpc) is 2.80. The summed E-state index contributed by atoms with van der Waals surface area (Å²) in [5, 5.41) is 22.0. The highest BCUT2D eigenvalue weighted by Gasteiger charge is 2.22. The summed E-state index contributed by atoms with van der Waals surface area (Å²) in [6.07, 6.45) is 3.93. The molecule has 4 aromatic rings.